The molecule has 0 aliphatic heterocycles. The summed E-state index contributed by atoms with van der Waals surface area (Å²) in [5.74, 6) is -0.164. The maximum Gasteiger partial charge on any atom is 0.417 e. The molecule has 2 aromatic rings. The van der Waals surface area contributed by atoms with Gasteiger partial charge in [-0.25, -0.2) is 4.98 Å². The molecule has 0 amide bonds. The molecule has 1 aliphatic rings. The molecule has 0 N–H and O–H groups in total. The lowest BCUT2D eigenvalue weighted by atomic mass is 9.72. The number of Topliss-reactive ketones (excluding diaryl/α,β-unsaturated/α-hetero) is 2. The van der Waals surface area contributed by atoms with Crippen molar-refractivity contribution in [1.29, 1.82) is 0 Å². The number of aromatic nitrogens is 1. The molecule has 0 radical (unpaired) electrons. The van der Waals surface area contributed by atoms with Crippen LogP contribution in [0, 0.1) is 11.8 Å². The van der Waals surface area contributed by atoms with E-state index in [1.165, 1.54) is 17.8 Å². The van der Waals surface area contributed by atoms with Crippen LogP contribution >= 0.6 is 11.8 Å². The molecule has 1 saturated carbocycles. The average Bonchev–Trinajstić information content (AvgIpc) is 2.71. The third kappa shape index (κ3) is 5.12. The first-order valence-corrected chi connectivity index (χ1v) is 11.0. The minimum absolute atomic E-state index is 0.0401. The van der Waals surface area contributed by atoms with Crippen LogP contribution in [0.1, 0.15) is 49.3 Å². The molecule has 1 heterocycles. The molecule has 1 aromatic heterocycles. The van der Waals surface area contributed by atoms with E-state index in [4.69, 9.17) is 0 Å². The molecule has 30 heavy (non-hydrogen) atoms. The van der Waals surface area contributed by atoms with E-state index in [2.05, 4.69) is 4.98 Å². The van der Waals surface area contributed by atoms with E-state index in [1.807, 2.05) is 38.1 Å². The van der Waals surface area contributed by atoms with Gasteiger partial charge < -0.3 is 0 Å². The summed E-state index contributed by atoms with van der Waals surface area (Å²) in [7, 11) is 0. The second-order valence-electron chi connectivity index (χ2n) is 7.76. The fraction of sp³-hybridized carbons (Fsp3) is 0.435. The number of aryl methyl sites for hydroxylation is 1. The van der Waals surface area contributed by atoms with E-state index in [9.17, 15) is 22.8 Å². The molecule has 1 unspecified atom stereocenters. The number of rotatable bonds is 6. The first-order chi connectivity index (χ1) is 14.2. The second kappa shape index (κ2) is 9.33. The van der Waals surface area contributed by atoms with Crippen LogP contribution in [0.3, 0.4) is 0 Å². The minimum Gasteiger partial charge on any atom is -0.299 e. The number of carbonyl (C=O) groups is 2. The summed E-state index contributed by atoms with van der Waals surface area (Å²) >= 11 is 1.35. The molecule has 7 heteroatoms. The third-order valence-electron chi connectivity index (χ3n) is 5.68. The van der Waals surface area contributed by atoms with Crippen LogP contribution in [0.2, 0.25) is 0 Å². The number of hydrogen-bond donors (Lipinski definition) is 0. The quantitative estimate of drug-likeness (QED) is 0.430. The lowest BCUT2D eigenvalue weighted by Crippen LogP contribution is -2.35. The minimum atomic E-state index is -4.40. The highest BCUT2D eigenvalue weighted by atomic mass is 32.2. The van der Waals surface area contributed by atoms with Gasteiger partial charge in [-0.1, -0.05) is 38.1 Å². The van der Waals surface area contributed by atoms with Gasteiger partial charge in [-0.15, -0.1) is 11.8 Å². The van der Waals surface area contributed by atoms with Crippen LogP contribution in [-0.2, 0) is 22.2 Å². The van der Waals surface area contributed by atoms with Gasteiger partial charge in [0.1, 0.15) is 17.5 Å². The van der Waals surface area contributed by atoms with Gasteiger partial charge in [0.05, 0.1) is 10.6 Å². The highest BCUT2D eigenvalue weighted by Crippen LogP contribution is 2.37. The van der Waals surface area contributed by atoms with Crippen LogP contribution in [-0.4, -0.2) is 22.3 Å². The van der Waals surface area contributed by atoms with Crippen molar-refractivity contribution in [3.8, 4) is 0 Å². The number of nitrogens with zero attached hydrogens (tertiary/aromatic N) is 1. The zero-order chi connectivity index (χ0) is 21.9. The third-order valence-corrected chi connectivity index (χ3v) is 6.91. The Kier molecular flexibility index (Phi) is 7.01. The highest BCUT2D eigenvalue weighted by molar-refractivity contribution is 7.99. The van der Waals surface area contributed by atoms with Gasteiger partial charge in [-0.3, -0.25) is 9.59 Å². The highest BCUT2D eigenvalue weighted by Gasteiger charge is 2.39. The van der Waals surface area contributed by atoms with Crippen molar-refractivity contribution >= 4 is 23.3 Å². The fourth-order valence-electron chi connectivity index (χ4n) is 3.88. The van der Waals surface area contributed by atoms with E-state index in [0.717, 1.165) is 29.8 Å². The number of benzene rings is 1. The number of pyridine rings is 1. The molecular formula is C23H24F3NO2S. The van der Waals surface area contributed by atoms with Crippen molar-refractivity contribution in [3.05, 3.63) is 59.3 Å². The van der Waals surface area contributed by atoms with Crippen molar-refractivity contribution in [1.82, 2.24) is 4.98 Å². The summed E-state index contributed by atoms with van der Waals surface area (Å²) < 4.78 is 37.9. The van der Waals surface area contributed by atoms with Gasteiger partial charge in [-0.2, -0.15) is 13.2 Å². The Morgan fingerprint density at radius 2 is 1.77 bits per heavy atom. The van der Waals surface area contributed by atoms with Gasteiger partial charge in [-0.05, 0) is 41.5 Å². The molecule has 160 valence electrons. The Morgan fingerprint density at radius 1 is 1.10 bits per heavy atom. The SMILES string of the molecule is CCc1ccccc1C1C(=O)CC(C(C)CSc2ccc(C(F)(F)F)cn2)CC1=O. The molecule has 1 fully saturated rings. The van der Waals surface area contributed by atoms with Crippen molar-refractivity contribution in [2.45, 2.75) is 50.2 Å². The molecule has 3 nitrogen and oxygen atoms in total. The number of alkyl halides is 3. The fourth-order valence-corrected chi connectivity index (χ4v) is 4.87. The zero-order valence-electron chi connectivity index (χ0n) is 16.9. The lowest BCUT2D eigenvalue weighted by molar-refractivity contribution is -0.138. The second-order valence-corrected chi connectivity index (χ2v) is 8.80. The molecule has 1 aliphatic carbocycles. The van der Waals surface area contributed by atoms with Crippen LogP contribution in [0.25, 0.3) is 0 Å². The number of thioether (sulfide) groups is 1. The summed E-state index contributed by atoms with van der Waals surface area (Å²) in [6, 6.07) is 9.97. The number of halogens is 3. The smallest absolute Gasteiger partial charge is 0.299 e. The van der Waals surface area contributed by atoms with Crippen LogP contribution < -0.4 is 0 Å². The van der Waals surface area contributed by atoms with Crippen LogP contribution in [0.5, 0.6) is 0 Å². The van der Waals surface area contributed by atoms with Crippen LogP contribution in [0.15, 0.2) is 47.6 Å². The molecule has 0 spiro atoms. The summed E-state index contributed by atoms with van der Waals surface area (Å²) in [6.07, 6.45) is -2.12. The molecule has 0 saturated heterocycles. The first kappa shape index (κ1) is 22.5. The summed E-state index contributed by atoms with van der Waals surface area (Å²) in [5, 5.41) is 0.498. The van der Waals surface area contributed by atoms with E-state index in [1.54, 1.807) is 0 Å². The van der Waals surface area contributed by atoms with Crippen molar-refractivity contribution in [2.75, 3.05) is 5.75 Å². The largest absolute Gasteiger partial charge is 0.417 e. The summed E-state index contributed by atoms with van der Waals surface area (Å²) in [5.41, 5.74) is 1.07. The zero-order valence-corrected chi connectivity index (χ0v) is 17.7. The lowest BCUT2D eigenvalue weighted by Gasteiger charge is -2.31. The van der Waals surface area contributed by atoms with E-state index >= 15 is 0 Å². The van der Waals surface area contributed by atoms with E-state index < -0.39 is 17.7 Å². The Hall–Kier alpha value is -2.15. The standard InChI is InChI=1S/C23H24F3NO2S/c1-3-15-6-4-5-7-18(15)22-19(28)10-16(11-20(22)29)14(2)13-30-21-9-8-17(12-27-21)23(24,25)26/h4-9,12,14,16,22H,3,10-11,13H2,1-2H3. The van der Waals surface area contributed by atoms with Gasteiger partial charge in [0.25, 0.3) is 0 Å². The Bertz CT molecular complexity index is 893. The van der Waals surface area contributed by atoms with Gasteiger partial charge in [0.2, 0.25) is 0 Å². The molecule has 0 bridgehead atoms. The van der Waals surface area contributed by atoms with E-state index in [-0.39, 0.29) is 23.4 Å². The molecular weight excluding hydrogens is 411 g/mol. The average molecular weight is 436 g/mol. The van der Waals surface area contributed by atoms with Crippen molar-refractivity contribution in [2.24, 2.45) is 11.8 Å². The molecule has 1 atom stereocenters. The monoisotopic (exact) mass is 435 g/mol. The first-order valence-electron chi connectivity index (χ1n) is 10.00. The topological polar surface area (TPSA) is 47.0 Å². The van der Waals surface area contributed by atoms with Crippen LogP contribution in [0.4, 0.5) is 13.2 Å². The van der Waals surface area contributed by atoms with Gasteiger partial charge in [0.15, 0.2) is 0 Å². The summed E-state index contributed by atoms with van der Waals surface area (Å²) in [6.45, 7) is 3.98. The Labute approximate surface area is 178 Å². The predicted molar refractivity (Wildman–Crippen MR) is 110 cm³/mol. The van der Waals surface area contributed by atoms with Gasteiger partial charge >= 0.3 is 6.18 Å². The maximum atomic E-state index is 12.8. The Balaban J connectivity index is 1.61. The maximum absolute atomic E-state index is 12.8. The number of ketones is 2. The summed E-state index contributed by atoms with van der Waals surface area (Å²) in [4.78, 5) is 29.6. The number of carbonyl (C=O) groups excluding carboxylic acids is 2. The van der Waals surface area contributed by atoms with Gasteiger partial charge in [0, 0.05) is 24.8 Å². The number of hydrogen-bond acceptors (Lipinski definition) is 4. The van der Waals surface area contributed by atoms with Crippen molar-refractivity contribution < 1.29 is 22.8 Å². The molecule has 1 aromatic carbocycles. The van der Waals surface area contributed by atoms with Crippen molar-refractivity contribution in [3.63, 3.8) is 0 Å². The predicted octanol–water partition coefficient (Wildman–Crippen LogP) is 5.72. The molecule has 3 rings (SSSR count). The Morgan fingerprint density at radius 3 is 2.33 bits per heavy atom. The normalized spacial score (nSPS) is 21.0. The van der Waals surface area contributed by atoms with E-state index in [0.29, 0.717) is 23.6 Å².